The van der Waals surface area contributed by atoms with Crippen LogP contribution in [0.3, 0.4) is 0 Å². The van der Waals surface area contributed by atoms with E-state index in [0.29, 0.717) is 6.54 Å². The van der Waals surface area contributed by atoms with E-state index in [9.17, 15) is 5.11 Å². The number of nitrogens with one attached hydrogen (secondary N) is 2. The lowest BCUT2D eigenvalue weighted by Crippen LogP contribution is -2.01. The molecular formula is C21H19N3O2. The van der Waals surface area contributed by atoms with Crippen LogP contribution in [0.4, 0.5) is 5.69 Å². The Bertz CT molecular complexity index is 1020. The number of aromatic hydroxyl groups is 1. The van der Waals surface area contributed by atoms with Crippen LogP contribution in [0.2, 0.25) is 0 Å². The number of hydrogen-bond acceptors (Lipinski definition) is 4. The number of H-pyrrole nitrogens is 1. The molecule has 0 aliphatic rings. The second-order valence-electron chi connectivity index (χ2n) is 6.08. The standard InChI is InChI=1S/C21H19N3O2/c1-26-21-6-5-15(19-11-16-13-22-8-7-18(16)24-19)10-20(21)23-12-14-3-2-4-17(25)9-14/h2-11,13,23-25H,12H2,1H3. The maximum absolute atomic E-state index is 9.61. The third-order valence-electron chi connectivity index (χ3n) is 4.33. The fourth-order valence-electron chi connectivity index (χ4n) is 3.01. The Morgan fingerprint density at radius 2 is 2.04 bits per heavy atom. The van der Waals surface area contributed by atoms with Gasteiger partial charge in [-0.3, -0.25) is 4.98 Å². The first-order valence-electron chi connectivity index (χ1n) is 8.36. The lowest BCUT2D eigenvalue weighted by atomic mass is 10.1. The molecule has 0 bridgehead atoms. The summed E-state index contributed by atoms with van der Waals surface area (Å²) in [6.07, 6.45) is 3.62. The fourth-order valence-corrected chi connectivity index (χ4v) is 3.01. The Kier molecular flexibility index (Phi) is 4.19. The number of fused-ring (bicyclic) bond motifs is 1. The van der Waals surface area contributed by atoms with Crippen LogP contribution in [0.1, 0.15) is 5.56 Å². The first kappa shape index (κ1) is 16.0. The molecule has 0 saturated carbocycles. The number of pyridine rings is 1. The average molecular weight is 345 g/mol. The summed E-state index contributed by atoms with van der Waals surface area (Å²) in [5.41, 5.74) is 5.02. The number of aromatic amines is 1. The zero-order valence-corrected chi connectivity index (χ0v) is 14.4. The van der Waals surface area contributed by atoms with Gasteiger partial charge in [-0.2, -0.15) is 0 Å². The van der Waals surface area contributed by atoms with E-state index in [1.165, 1.54) is 0 Å². The molecule has 0 atom stereocenters. The summed E-state index contributed by atoms with van der Waals surface area (Å²) in [6, 6.07) is 17.3. The highest BCUT2D eigenvalue weighted by Gasteiger charge is 2.08. The molecule has 0 fully saturated rings. The van der Waals surface area contributed by atoms with Gasteiger partial charge in [-0.1, -0.05) is 12.1 Å². The van der Waals surface area contributed by atoms with Gasteiger partial charge in [0.05, 0.1) is 12.8 Å². The second-order valence-corrected chi connectivity index (χ2v) is 6.08. The van der Waals surface area contributed by atoms with Crippen LogP contribution in [-0.4, -0.2) is 22.2 Å². The Balaban J connectivity index is 1.64. The van der Waals surface area contributed by atoms with Crippen molar-refractivity contribution in [2.45, 2.75) is 6.54 Å². The van der Waals surface area contributed by atoms with Crippen LogP contribution in [0.5, 0.6) is 11.5 Å². The van der Waals surface area contributed by atoms with E-state index in [2.05, 4.69) is 27.4 Å². The quantitative estimate of drug-likeness (QED) is 0.496. The molecule has 0 aliphatic carbocycles. The van der Waals surface area contributed by atoms with E-state index in [4.69, 9.17) is 4.74 Å². The summed E-state index contributed by atoms with van der Waals surface area (Å²) in [5.74, 6) is 1.03. The Morgan fingerprint density at radius 3 is 2.85 bits per heavy atom. The van der Waals surface area contributed by atoms with Crippen LogP contribution in [-0.2, 0) is 6.54 Å². The number of benzene rings is 2. The van der Waals surface area contributed by atoms with Gasteiger partial charge in [0.1, 0.15) is 11.5 Å². The van der Waals surface area contributed by atoms with Crippen molar-refractivity contribution in [3.05, 3.63) is 72.6 Å². The van der Waals surface area contributed by atoms with E-state index in [-0.39, 0.29) is 5.75 Å². The van der Waals surface area contributed by atoms with Crippen molar-refractivity contribution in [2.75, 3.05) is 12.4 Å². The van der Waals surface area contributed by atoms with Gasteiger partial charge in [-0.05, 0) is 48.0 Å². The minimum Gasteiger partial charge on any atom is -0.508 e. The highest BCUT2D eigenvalue weighted by Crippen LogP contribution is 2.32. The molecule has 5 heteroatoms. The molecule has 4 rings (SSSR count). The van der Waals surface area contributed by atoms with Crippen molar-refractivity contribution >= 4 is 16.6 Å². The molecule has 2 aromatic carbocycles. The molecule has 0 spiro atoms. The maximum Gasteiger partial charge on any atom is 0.142 e. The SMILES string of the molecule is COc1ccc(-c2cc3cnccc3[nH]2)cc1NCc1cccc(O)c1. The van der Waals surface area contributed by atoms with Gasteiger partial charge in [0, 0.05) is 41.1 Å². The van der Waals surface area contributed by atoms with Crippen LogP contribution >= 0.6 is 0 Å². The van der Waals surface area contributed by atoms with Crippen molar-refractivity contribution < 1.29 is 9.84 Å². The number of aromatic nitrogens is 2. The van der Waals surface area contributed by atoms with Crippen LogP contribution in [0.25, 0.3) is 22.2 Å². The van der Waals surface area contributed by atoms with Gasteiger partial charge in [0.15, 0.2) is 0 Å². The summed E-state index contributed by atoms with van der Waals surface area (Å²) in [4.78, 5) is 7.58. The molecule has 2 heterocycles. The molecule has 26 heavy (non-hydrogen) atoms. The molecule has 3 N–H and O–H groups in total. The average Bonchev–Trinajstić information content (AvgIpc) is 3.10. The Labute approximate surface area is 151 Å². The molecular weight excluding hydrogens is 326 g/mol. The first-order chi connectivity index (χ1) is 12.7. The topological polar surface area (TPSA) is 70.2 Å². The van der Waals surface area contributed by atoms with Gasteiger partial charge in [-0.25, -0.2) is 0 Å². The van der Waals surface area contributed by atoms with Gasteiger partial charge in [0.2, 0.25) is 0 Å². The summed E-state index contributed by atoms with van der Waals surface area (Å²) < 4.78 is 5.48. The van der Waals surface area contributed by atoms with Crippen molar-refractivity contribution in [2.24, 2.45) is 0 Å². The maximum atomic E-state index is 9.61. The number of rotatable bonds is 5. The second kappa shape index (κ2) is 6.80. The normalized spacial score (nSPS) is 10.8. The minimum absolute atomic E-state index is 0.261. The van der Waals surface area contributed by atoms with Crippen molar-refractivity contribution in [3.63, 3.8) is 0 Å². The smallest absolute Gasteiger partial charge is 0.142 e. The Morgan fingerprint density at radius 1 is 1.12 bits per heavy atom. The third-order valence-corrected chi connectivity index (χ3v) is 4.33. The van der Waals surface area contributed by atoms with E-state index in [1.54, 1.807) is 25.4 Å². The Hall–Kier alpha value is -3.47. The van der Waals surface area contributed by atoms with E-state index >= 15 is 0 Å². The monoisotopic (exact) mass is 345 g/mol. The van der Waals surface area contributed by atoms with Crippen LogP contribution in [0.15, 0.2) is 67.0 Å². The molecule has 0 amide bonds. The van der Waals surface area contributed by atoms with Crippen LogP contribution in [0, 0.1) is 0 Å². The number of methoxy groups -OCH3 is 1. The molecule has 0 saturated heterocycles. The first-order valence-corrected chi connectivity index (χ1v) is 8.36. The highest BCUT2D eigenvalue weighted by atomic mass is 16.5. The number of anilines is 1. The van der Waals surface area contributed by atoms with Gasteiger partial charge in [0.25, 0.3) is 0 Å². The highest BCUT2D eigenvalue weighted by molar-refractivity contribution is 5.85. The van der Waals surface area contributed by atoms with Crippen molar-refractivity contribution in [1.82, 2.24) is 9.97 Å². The lowest BCUT2D eigenvalue weighted by Gasteiger charge is -2.13. The number of phenolic OH excluding ortho intramolecular Hbond substituents is 1. The predicted octanol–water partition coefficient (Wildman–Crippen LogP) is 4.56. The molecule has 0 aliphatic heterocycles. The van der Waals surface area contributed by atoms with E-state index in [1.807, 2.05) is 36.5 Å². The molecule has 5 nitrogen and oxygen atoms in total. The number of phenols is 1. The zero-order chi connectivity index (χ0) is 17.9. The number of nitrogens with zero attached hydrogens (tertiary/aromatic N) is 1. The van der Waals surface area contributed by atoms with Gasteiger partial charge in [-0.15, -0.1) is 0 Å². The largest absolute Gasteiger partial charge is 0.508 e. The number of ether oxygens (including phenoxy) is 1. The number of hydrogen-bond donors (Lipinski definition) is 3. The molecule has 0 radical (unpaired) electrons. The summed E-state index contributed by atoms with van der Waals surface area (Å²) in [7, 11) is 1.66. The van der Waals surface area contributed by atoms with Gasteiger partial charge < -0.3 is 20.1 Å². The molecule has 2 aromatic heterocycles. The van der Waals surface area contributed by atoms with Crippen molar-refractivity contribution in [3.8, 4) is 22.8 Å². The summed E-state index contributed by atoms with van der Waals surface area (Å²) in [6.45, 7) is 0.588. The van der Waals surface area contributed by atoms with E-state index < -0.39 is 0 Å². The lowest BCUT2D eigenvalue weighted by molar-refractivity contribution is 0.416. The fraction of sp³-hybridized carbons (Fsp3) is 0.0952. The summed E-state index contributed by atoms with van der Waals surface area (Å²) in [5, 5.41) is 14.1. The summed E-state index contributed by atoms with van der Waals surface area (Å²) >= 11 is 0. The van der Waals surface area contributed by atoms with Crippen molar-refractivity contribution in [1.29, 1.82) is 0 Å². The predicted molar refractivity (Wildman–Crippen MR) is 104 cm³/mol. The minimum atomic E-state index is 0.261. The third kappa shape index (κ3) is 3.19. The molecule has 4 aromatic rings. The molecule has 0 unspecified atom stereocenters. The zero-order valence-electron chi connectivity index (χ0n) is 14.4. The van der Waals surface area contributed by atoms with Gasteiger partial charge >= 0.3 is 0 Å². The van der Waals surface area contributed by atoms with E-state index in [0.717, 1.165) is 39.2 Å². The molecule has 130 valence electrons. The van der Waals surface area contributed by atoms with Crippen LogP contribution < -0.4 is 10.1 Å².